The molecule has 4 nitrogen and oxygen atoms in total. The Kier molecular flexibility index (Phi) is 1.80. The van der Waals surface area contributed by atoms with E-state index in [1.54, 1.807) is 0 Å². The first-order valence-electron chi connectivity index (χ1n) is 3.59. The lowest BCUT2D eigenvalue weighted by atomic mass is 9.76. The predicted molar refractivity (Wildman–Crippen MR) is 39.4 cm³/mol. The summed E-state index contributed by atoms with van der Waals surface area (Å²) in [6, 6.07) is -0.222. The van der Waals surface area contributed by atoms with Crippen molar-refractivity contribution in [2.75, 3.05) is 13.2 Å². The summed E-state index contributed by atoms with van der Waals surface area (Å²) in [5.41, 5.74) is -0.0624. The summed E-state index contributed by atoms with van der Waals surface area (Å²) in [7, 11) is 0. The van der Waals surface area contributed by atoms with Crippen LogP contribution < -0.4 is 0 Å². The van der Waals surface area contributed by atoms with Gasteiger partial charge in [-0.1, -0.05) is 13.8 Å². The molecule has 1 amide bonds. The number of hydrogen-bond donors (Lipinski definition) is 2. The molecule has 0 aliphatic carbocycles. The summed E-state index contributed by atoms with van der Waals surface area (Å²) in [6.07, 6.45) is -0.941. The SMILES string of the molecule is CC1(C)CN(C(=O)O)[C@@H]1CO. The van der Waals surface area contributed by atoms with E-state index in [4.69, 9.17) is 10.2 Å². The minimum absolute atomic E-state index is 0.0624. The number of amides is 1. The van der Waals surface area contributed by atoms with E-state index in [0.717, 1.165) is 0 Å². The molecule has 0 aromatic heterocycles. The second-order valence-corrected chi connectivity index (χ2v) is 3.60. The van der Waals surface area contributed by atoms with Gasteiger partial charge in [-0.2, -0.15) is 0 Å². The highest BCUT2D eigenvalue weighted by atomic mass is 16.4. The van der Waals surface area contributed by atoms with E-state index in [2.05, 4.69) is 0 Å². The average molecular weight is 159 g/mol. The van der Waals surface area contributed by atoms with Gasteiger partial charge in [0.15, 0.2) is 0 Å². The summed E-state index contributed by atoms with van der Waals surface area (Å²) in [4.78, 5) is 11.7. The fraction of sp³-hybridized carbons (Fsp3) is 0.857. The second kappa shape index (κ2) is 2.37. The summed E-state index contributed by atoms with van der Waals surface area (Å²) in [5, 5.41) is 17.4. The van der Waals surface area contributed by atoms with Crippen molar-refractivity contribution in [3.8, 4) is 0 Å². The maximum absolute atomic E-state index is 10.5. The standard InChI is InChI=1S/C7H13NO3/c1-7(2)4-8(6(10)11)5(7)3-9/h5,9H,3-4H2,1-2H3,(H,10,11)/t5-/m1/s1. The smallest absolute Gasteiger partial charge is 0.407 e. The van der Waals surface area contributed by atoms with Crippen molar-refractivity contribution < 1.29 is 15.0 Å². The monoisotopic (exact) mass is 159 g/mol. The Labute approximate surface area is 65.4 Å². The minimum atomic E-state index is -0.941. The second-order valence-electron chi connectivity index (χ2n) is 3.60. The quantitative estimate of drug-likeness (QED) is 0.581. The van der Waals surface area contributed by atoms with Crippen molar-refractivity contribution in [2.45, 2.75) is 19.9 Å². The van der Waals surface area contributed by atoms with E-state index in [9.17, 15) is 4.79 Å². The Balaban J connectivity index is 2.60. The van der Waals surface area contributed by atoms with Gasteiger partial charge in [-0.3, -0.25) is 0 Å². The molecule has 2 N–H and O–H groups in total. The van der Waals surface area contributed by atoms with Gasteiger partial charge in [-0.15, -0.1) is 0 Å². The van der Waals surface area contributed by atoms with Crippen LogP contribution in [0.5, 0.6) is 0 Å². The average Bonchev–Trinajstić information content (AvgIpc) is 1.84. The summed E-state index contributed by atoms with van der Waals surface area (Å²) in [6.45, 7) is 4.34. The number of aliphatic hydroxyl groups excluding tert-OH is 1. The minimum Gasteiger partial charge on any atom is -0.465 e. The fourth-order valence-corrected chi connectivity index (χ4v) is 1.51. The molecule has 1 atom stereocenters. The molecular formula is C7H13NO3. The van der Waals surface area contributed by atoms with Crippen LogP contribution in [0.3, 0.4) is 0 Å². The number of likely N-dealkylation sites (tertiary alicyclic amines) is 1. The Morgan fingerprint density at radius 3 is 2.45 bits per heavy atom. The summed E-state index contributed by atoms with van der Waals surface area (Å²) >= 11 is 0. The lowest BCUT2D eigenvalue weighted by Crippen LogP contribution is -2.65. The summed E-state index contributed by atoms with van der Waals surface area (Å²) in [5.74, 6) is 0. The predicted octanol–water partition coefficient (Wildman–Crippen LogP) is 0.367. The van der Waals surface area contributed by atoms with Crippen LogP contribution in [-0.2, 0) is 0 Å². The molecule has 0 saturated carbocycles. The van der Waals surface area contributed by atoms with Gasteiger partial charge in [-0.05, 0) is 0 Å². The first-order valence-corrected chi connectivity index (χ1v) is 3.59. The molecule has 0 spiro atoms. The van der Waals surface area contributed by atoms with Crippen molar-refractivity contribution in [1.82, 2.24) is 4.90 Å². The molecule has 1 heterocycles. The highest BCUT2D eigenvalue weighted by Crippen LogP contribution is 2.36. The lowest BCUT2D eigenvalue weighted by Gasteiger charge is -2.51. The van der Waals surface area contributed by atoms with Crippen LogP contribution in [0.4, 0.5) is 4.79 Å². The maximum atomic E-state index is 10.5. The van der Waals surface area contributed by atoms with Crippen molar-refractivity contribution >= 4 is 6.09 Å². The van der Waals surface area contributed by atoms with Gasteiger partial charge in [-0.25, -0.2) is 4.79 Å². The van der Waals surface area contributed by atoms with E-state index in [-0.39, 0.29) is 18.1 Å². The molecule has 1 aliphatic rings. The Bertz CT molecular complexity index is 179. The van der Waals surface area contributed by atoms with Crippen LogP contribution in [0.1, 0.15) is 13.8 Å². The molecule has 0 aromatic carbocycles. The first kappa shape index (κ1) is 8.33. The van der Waals surface area contributed by atoms with Crippen LogP contribution in [0.25, 0.3) is 0 Å². The molecule has 0 aromatic rings. The summed E-state index contributed by atoms with van der Waals surface area (Å²) < 4.78 is 0. The van der Waals surface area contributed by atoms with Crippen molar-refractivity contribution in [3.05, 3.63) is 0 Å². The molecule has 64 valence electrons. The van der Waals surface area contributed by atoms with Gasteiger partial charge in [0.25, 0.3) is 0 Å². The number of hydrogen-bond acceptors (Lipinski definition) is 2. The van der Waals surface area contributed by atoms with Crippen molar-refractivity contribution in [3.63, 3.8) is 0 Å². The molecule has 0 unspecified atom stereocenters. The van der Waals surface area contributed by atoms with Crippen molar-refractivity contribution in [1.29, 1.82) is 0 Å². The van der Waals surface area contributed by atoms with E-state index >= 15 is 0 Å². The Morgan fingerprint density at radius 1 is 1.73 bits per heavy atom. The molecule has 0 bridgehead atoms. The maximum Gasteiger partial charge on any atom is 0.407 e. The number of carbonyl (C=O) groups is 1. The van der Waals surface area contributed by atoms with E-state index < -0.39 is 6.09 Å². The number of rotatable bonds is 1. The number of nitrogens with zero attached hydrogens (tertiary/aromatic N) is 1. The molecule has 1 fully saturated rings. The first-order chi connectivity index (χ1) is 4.99. The van der Waals surface area contributed by atoms with E-state index in [0.29, 0.717) is 6.54 Å². The van der Waals surface area contributed by atoms with E-state index in [1.165, 1.54) is 4.90 Å². The highest BCUT2D eigenvalue weighted by molar-refractivity contribution is 5.67. The van der Waals surface area contributed by atoms with Crippen molar-refractivity contribution in [2.24, 2.45) is 5.41 Å². The molecule has 4 heteroatoms. The normalized spacial score (nSPS) is 27.9. The van der Waals surface area contributed by atoms with Gasteiger partial charge in [0, 0.05) is 12.0 Å². The zero-order valence-corrected chi connectivity index (χ0v) is 6.74. The van der Waals surface area contributed by atoms with Crippen LogP contribution in [0.15, 0.2) is 0 Å². The largest absolute Gasteiger partial charge is 0.465 e. The van der Waals surface area contributed by atoms with Gasteiger partial charge >= 0.3 is 6.09 Å². The third-order valence-electron chi connectivity index (χ3n) is 2.27. The molecule has 1 aliphatic heterocycles. The molecule has 11 heavy (non-hydrogen) atoms. The van der Waals surface area contributed by atoms with Crippen LogP contribution in [0.2, 0.25) is 0 Å². The third kappa shape index (κ3) is 1.18. The highest BCUT2D eigenvalue weighted by Gasteiger charge is 2.47. The van der Waals surface area contributed by atoms with E-state index in [1.807, 2.05) is 13.8 Å². The van der Waals surface area contributed by atoms with Gasteiger partial charge in [0.05, 0.1) is 12.6 Å². The zero-order valence-electron chi connectivity index (χ0n) is 6.74. The Hall–Kier alpha value is -0.770. The van der Waals surface area contributed by atoms with Gasteiger partial charge < -0.3 is 15.1 Å². The Morgan fingerprint density at radius 2 is 2.27 bits per heavy atom. The molecular weight excluding hydrogens is 146 g/mol. The third-order valence-corrected chi connectivity index (χ3v) is 2.27. The lowest BCUT2D eigenvalue weighted by molar-refractivity contribution is -0.0577. The van der Waals surface area contributed by atoms with Crippen LogP contribution in [0, 0.1) is 5.41 Å². The van der Waals surface area contributed by atoms with Crippen LogP contribution in [-0.4, -0.2) is 40.4 Å². The van der Waals surface area contributed by atoms with Gasteiger partial charge in [0.2, 0.25) is 0 Å². The topological polar surface area (TPSA) is 60.8 Å². The number of aliphatic hydroxyl groups is 1. The number of carboxylic acid groups (broad SMARTS) is 1. The van der Waals surface area contributed by atoms with Gasteiger partial charge in [0.1, 0.15) is 0 Å². The molecule has 1 rings (SSSR count). The zero-order chi connectivity index (χ0) is 8.65. The fourth-order valence-electron chi connectivity index (χ4n) is 1.51. The molecule has 1 saturated heterocycles. The van der Waals surface area contributed by atoms with Crippen LogP contribution >= 0.6 is 0 Å². The molecule has 0 radical (unpaired) electrons.